The largest absolute Gasteiger partial charge is 0.361 e. The molecule has 1 heterocycles. The Labute approximate surface area is 188 Å². The van der Waals surface area contributed by atoms with Crippen LogP contribution in [0.15, 0.2) is 95.2 Å². The molecular weight excluding hydrogens is 454 g/mol. The van der Waals surface area contributed by atoms with E-state index in [0.29, 0.717) is 12.1 Å². The van der Waals surface area contributed by atoms with Crippen molar-refractivity contribution in [3.8, 4) is 0 Å². The van der Waals surface area contributed by atoms with Gasteiger partial charge in [0, 0.05) is 39.2 Å². The second-order valence-corrected chi connectivity index (χ2v) is 7.89. The zero-order valence-electron chi connectivity index (χ0n) is 16.6. The SMILES string of the molecule is O=C(NCc1ccc(Br)cc1)/C(=C\c1c[nH]c2ccccc12)NC(=O)c1ccccc1. The lowest BCUT2D eigenvalue weighted by Gasteiger charge is -2.11. The number of fused-ring (bicyclic) bond motifs is 1. The van der Waals surface area contributed by atoms with Gasteiger partial charge in [0.2, 0.25) is 0 Å². The summed E-state index contributed by atoms with van der Waals surface area (Å²) in [5.74, 6) is -0.706. The zero-order chi connectivity index (χ0) is 21.6. The molecule has 0 aliphatic heterocycles. The number of carbonyl (C=O) groups is 2. The van der Waals surface area contributed by atoms with E-state index in [0.717, 1.165) is 26.5 Å². The third-order valence-corrected chi connectivity index (χ3v) is 5.34. The summed E-state index contributed by atoms with van der Waals surface area (Å²) in [6.45, 7) is 0.346. The van der Waals surface area contributed by atoms with Gasteiger partial charge in [-0.05, 0) is 42.0 Å². The number of aromatic amines is 1. The Morgan fingerprint density at radius 2 is 1.61 bits per heavy atom. The van der Waals surface area contributed by atoms with Gasteiger partial charge in [-0.2, -0.15) is 0 Å². The van der Waals surface area contributed by atoms with Gasteiger partial charge in [-0.1, -0.05) is 64.5 Å². The molecule has 0 bridgehead atoms. The Bertz CT molecular complexity index is 1240. The maximum atomic E-state index is 13.0. The first-order valence-corrected chi connectivity index (χ1v) is 10.6. The summed E-state index contributed by atoms with van der Waals surface area (Å²) < 4.78 is 0.970. The van der Waals surface area contributed by atoms with Crippen molar-refractivity contribution in [1.82, 2.24) is 15.6 Å². The monoisotopic (exact) mass is 473 g/mol. The summed E-state index contributed by atoms with van der Waals surface area (Å²) in [4.78, 5) is 28.9. The highest BCUT2D eigenvalue weighted by Crippen LogP contribution is 2.20. The van der Waals surface area contributed by atoms with Crippen molar-refractivity contribution in [2.75, 3.05) is 0 Å². The second-order valence-electron chi connectivity index (χ2n) is 6.98. The van der Waals surface area contributed by atoms with Gasteiger partial charge in [-0.25, -0.2) is 0 Å². The van der Waals surface area contributed by atoms with Crippen LogP contribution in [0.25, 0.3) is 17.0 Å². The number of H-pyrrole nitrogens is 1. The summed E-state index contributed by atoms with van der Waals surface area (Å²) in [6.07, 6.45) is 3.51. The van der Waals surface area contributed by atoms with Crippen LogP contribution in [-0.4, -0.2) is 16.8 Å². The van der Waals surface area contributed by atoms with E-state index >= 15 is 0 Å². The van der Waals surface area contributed by atoms with Gasteiger partial charge in [0.1, 0.15) is 5.70 Å². The Kier molecular flexibility index (Phi) is 6.29. The molecule has 4 rings (SSSR count). The Morgan fingerprint density at radius 3 is 2.39 bits per heavy atom. The number of amides is 2. The van der Waals surface area contributed by atoms with Crippen molar-refractivity contribution in [1.29, 1.82) is 0 Å². The molecule has 4 aromatic rings. The average molecular weight is 474 g/mol. The van der Waals surface area contributed by atoms with Gasteiger partial charge in [0.15, 0.2) is 0 Å². The molecule has 154 valence electrons. The van der Waals surface area contributed by atoms with Gasteiger partial charge >= 0.3 is 0 Å². The summed E-state index contributed by atoms with van der Waals surface area (Å²) in [5, 5.41) is 6.63. The molecule has 0 saturated heterocycles. The lowest BCUT2D eigenvalue weighted by molar-refractivity contribution is -0.117. The molecule has 0 fully saturated rings. The Morgan fingerprint density at radius 1 is 0.903 bits per heavy atom. The molecule has 0 spiro atoms. The van der Waals surface area contributed by atoms with Crippen LogP contribution in [0.2, 0.25) is 0 Å². The summed E-state index contributed by atoms with van der Waals surface area (Å²) >= 11 is 3.40. The van der Waals surface area contributed by atoms with E-state index in [4.69, 9.17) is 0 Å². The van der Waals surface area contributed by atoms with Crippen molar-refractivity contribution in [3.63, 3.8) is 0 Å². The lowest BCUT2D eigenvalue weighted by Crippen LogP contribution is -2.34. The smallest absolute Gasteiger partial charge is 0.268 e. The Balaban J connectivity index is 1.60. The molecule has 0 aliphatic carbocycles. The first kappa shape index (κ1) is 20.6. The van der Waals surface area contributed by atoms with E-state index in [1.54, 1.807) is 30.3 Å². The number of hydrogen-bond donors (Lipinski definition) is 3. The fourth-order valence-corrected chi connectivity index (χ4v) is 3.46. The van der Waals surface area contributed by atoms with Gasteiger partial charge in [-0.3, -0.25) is 9.59 Å². The Hall–Kier alpha value is -3.64. The third kappa shape index (κ3) is 5.10. The highest BCUT2D eigenvalue weighted by Gasteiger charge is 2.15. The molecule has 2 amide bonds. The van der Waals surface area contributed by atoms with E-state index in [9.17, 15) is 9.59 Å². The van der Waals surface area contributed by atoms with Crippen molar-refractivity contribution in [2.45, 2.75) is 6.54 Å². The summed E-state index contributed by atoms with van der Waals surface area (Å²) in [7, 11) is 0. The number of aromatic nitrogens is 1. The molecule has 5 nitrogen and oxygen atoms in total. The predicted molar refractivity (Wildman–Crippen MR) is 126 cm³/mol. The first-order valence-electron chi connectivity index (χ1n) is 9.77. The maximum absolute atomic E-state index is 13.0. The quantitative estimate of drug-likeness (QED) is 0.344. The summed E-state index contributed by atoms with van der Waals surface area (Å²) in [6, 6.07) is 24.3. The molecule has 1 aromatic heterocycles. The summed E-state index contributed by atoms with van der Waals surface area (Å²) in [5.41, 5.74) is 3.39. The number of hydrogen-bond acceptors (Lipinski definition) is 2. The molecule has 0 radical (unpaired) electrons. The first-order chi connectivity index (χ1) is 15.1. The number of rotatable bonds is 6. The van der Waals surface area contributed by atoms with Crippen molar-refractivity contribution >= 4 is 44.7 Å². The minimum atomic E-state index is -0.363. The van der Waals surface area contributed by atoms with E-state index in [2.05, 4.69) is 31.5 Å². The lowest BCUT2D eigenvalue weighted by atomic mass is 10.1. The number of halogens is 1. The van der Waals surface area contributed by atoms with Crippen LogP contribution in [0.4, 0.5) is 0 Å². The van der Waals surface area contributed by atoms with Crippen LogP contribution in [-0.2, 0) is 11.3 Å². The van der Waals surface area contributed by atoms with Crippen LogP contribution < -0.4 is 10.6 Å². The molecule has 6 heteroatoms. The van der Waals surface area contributed by atoms with Gasteiger partial charge in [0.05, 0.1) is 0 Å². The molecule has 0 saturated carbocycles. The van der Waals surface area contributed by atoms with Crippen LogP contribution in [0.1, 0.15) is 21.5 Å². The normalized spacial score (nSPS) is 11.3. The molecule has 0 atom stereocenters. The minimum absolute atomic E-state index is 0.177. The van der Waals surface area contributed by atoms with Crippen LogP contribution in [0, 0.1) is 0 Å². The molecular formula is C25H20BrN3O2. The fourth-order valence-electron chi connectivity index (χ4n) is 3.19. The van der Waals surface area contributed by atoms with Crippen LogP contribution in [0.5, 0.6) is 0 Å². The fraction of sp³-hybridized carbons (Fsp3) is 0.0400. The van der Waals surface area contributed by atoms with Crippen LogP contribution >= 0.6 is 15.9 Å². The van der Waals surface area contributed by atoms with E-state index in [-0.39, 0.29) is 17.5 Å². The maximum Gasteiger partial charge on any atom is 0.268 e. The second kappa shape index (κ2) is 9.45. The van der Waals surface area contributed by atoms with E-state index in [1.807, 2.05) is 60.8 Å². The molecule has 3 N–H and O–H groups in total. The third-order valence-electron chi connectivity index (χ3n) is 4.82. The number of carbonyl (C=O) groups excluding carboxylic acids is 2. The average Bonchev–Trinajstić information content (AvgIpc) is 3.21. The van der Waals surface area contributed by atoms with Gasteiger partial charge in [-0.15, -0.1) is 0 Å². The van der Waals surface area contributed by atoms with Crippen LogP contribution in [0.3, 0.4) is 0 Å². The highest BCUT2D eigenvalue weighted by molar-refractivity contribution is 9.10. The topological polar surface area (TPSA) is 74.0 Å². The van der Waals surface area contributed by atoms with Crippen molar-refractivity contribution in [3.05, 3.63) is 112 Å². The molecule has 0 aliphatic rings. The van der Waals surface area contributed by atoms with Crippen molar-refractivity contribution in [2.24, 2.45) is 0 Å². The standard InChI is InChI=1S/C25H20BrN3O2/c26-20-12-10-17(11-13-20)15-28-25(31)23(29-24(30)18-6-2-1-3-7-18)14-19-16-27-22-9-5-4-8-21(19)22/h1-14,16,27H,15H2,(H,28,31)(H,29,30)/b23-14+. The number of nitrogens with one attached hydrogen (secondary N) is 3. The number of para-hydroxylation sites is 1. The number of benzene rings is 3. The molecule has 3 aromatic carbocycles. The minimum Gasteiger partial charge on any atom is -0.361 e. The van der Waals surface area contributed by atoms with Gasteiger partial charge < -0.3 is 15.6 Å². The van der Waals surface area contributed by atoms with Crippen molar-refractivity contribution < 1.29 is 9.59 Å². The molecule has 31 heavy (non-hydrogen) atoms. The zero-order valence-corrected chi connectivity index (χ0v) is 18.1. The molecule has 0 unspecified atom stereocenters. The highest BCUT2D eigenvalue weighted by atomic mass is 79.9. The predicted octanol–water partition coefficient (Wildman–Crippen LogP) is 5.02. The van der Waals surface area contributed by atoms with E-state index < -0.39 is 0 Å². The van der Waals surface area contributed by atoms with Gasteiger partial charge in [0.25, 0.3) is 11.8 Å². The van der Waals surface area contributed by atoms with E-state index in [1.165, 1.54) is 0 Å².